The molecule has 8 nitrogen and oxygen atoms in total. The fourth-order valence-electron chi connectivity index (χ4n) is 3.27. The van der Waals surface area contributed by atoms with Gasteiger partial charge in [-0.15, -0.1) is 0 Å². The monoisotopic (exact) mass is 515 g/mol. The molecule has 0 aliphatic carbocycles. The molecule has 0 heterocycles. The summed E-state index contributed by atoms with van der Waals surface area (Å²) in [5.74, 6) is -0.466. The smallest absolute Gasteiger partial charge is 0.264 e. The molecule has 35 heavy (non-hydrogen) atoms. The second-order valence-corrected chi connectivity index (χ2v) is 9.82. The van der Waals surface area contributed by atoms with Gasteiger partial charge in [-0.1, -0.05) is 36.7 Å². The Morgan fingerprint density at radius 1 is 1.00 bits per heavy atom. The van der Waals surface area contributed by atoms with E-state index in [0.29, 0.717) is 17.3 Å². The molecule has 0 aliphatic heterocycles. The topological polar surface area (TPSA) is 105 Å². The summed E-state index contributed by atoms with van der Waals surface area (Å²) in [6, 6.07) is 18.6. The minimum Gasteiger partial charge on any atom is -0.497 e. The van der Waals surface area contributed by atoms with E-state index in [0.717, 1.165) is 10.7 Å². The molecular formula is C25H26ClN3O5S. The summed E-state index contributed by atoms with van der Waals surface area (Å²) in [6.45, 7) is 1.88. The van der Waals surface area contributed by atoms with Crippen molar-refractivity contribution in [1.29, 1.82) is 0 Å². The van der Waals surface area contributed by atoms with Gasteiger partial charge in [0.05, 0.1) is 28.9 Å². The molecule has 3 aromatic carbocycles. The van der Waals surface area contributed by atoms with Gasteiger partial charge in [0.2, 0.25) is 5.91 Å². The molecule has 0 fully saturated rings. The summed E-state index contributed by atoms with van der Waals surface area (Å²) >= 11 is 6.11. The van der Waals surface area contributed by atoms with Crippen LogP contribution in [-0.4, -0.2) is 40.4 Å². The van der Waals surface area contributed by atoms with Gasteiger partial charge in [0.15, 0.2) is 0 Å². The number of nitrogens with zero attached hydrogens (tertiary/aromatic N) is 1. The predicted octanol–water partition coefficient (Wildman–Crippen LogP) is 4.32. The van der Waals surface area contributed by atoms with Crippen molar-refractivity contribution in [2.75, 3.05) is 29.8 Å². The number of benzene rings is 3. The Labute approximate surface area is 209 Å². The zero-order valence-corrected chi connectivity index (χ0v) is 20.9. The van der Waals surface area contributed by atoms with Crippen molar-refractivity contribution in [1.82, 2.24) is 5.32 Å². The SMILES string of the molecule is CCCNC(=O)c1ccccc1NC(=O)CN(c1cccc(Cl)c1)S(=O)(=O)c1ccc(OC)cc1. The molecule has 3 rings (SSSR count). The molecule has 0 saturated carbocycles. The molecule has 10 heteroatoms. The Balaban J connectivity index is 1.92. The molecule has 2 N–H and O–H groups in total. The van der Waals surface area contributed by atoms with E-state index in [1.807, 2.05) is 6.92 Å². The molecule has 0 atom stereocenters. The molecule has 0 radical (unpaired) electrons. The first kappa shape index (κ1) is 26.1. The average Bonchev–Trinajstić information content (AvgIpc) is 2.86. The second-order valence-electron chi connectivity index (χ2n) is 7.52. The maximum atomic E-state index is 13.5. The number of sulfonamides is 1. The number of hydrogen-bond donors (Lipinski definition) is 2. The number of hydrogen-bond acceptors (Lipinski definition) is 5. The number of nitrogens with one attached hydrogen (secondary N) is 2. The number of carbonyl (C=O) groups is 2. The first-order chi connectivity index (χ1) is 16.8. The van der Waals surface area contributed by atoms with E-state index in [4.69, 9.17) is 16.3 Å². The van der Waals surface area contributed by atoms with Crippen LogP contribution in [0.25, 0.3) is 0 Å². The fourth-order valence-corrected chi connectivity index (χ4v) is 4.86. The maximum Gasteiger partial charge on any atom is 0.264 e. The van der Waals surface area contributed by atoms with E-state index < -0.39 is 22.5 Å². The van der Waals surface area contributed by atoms with E-state index in [-0.39, 0.29) is 27.7 Å². The number of para-hydroxylation sites is 1. The van der Waals surface area contributed by atoms with E-state index >= 15 is 0 Å². The highest BCUT2D eigenvalue weighted by molar-refractivity contribution is 7.92. The van der Waals surface area contributed by atoms with Crippen molar-refractivity contribution in [2.24, 2.45) is 0 Å². The molecule has 184 valence electrons. The Bertz CT molecular complexity index is 1300. The van der Waals surface area contributed by atoms with Gasteiger partial charge in [0.25, 0.3) is 15.9 Å². The number of anilines is 2. The minimum absolute atomic E-state index is 0.0228. The first-order valence-corrected chi connectivity index (χ1v) is 12.7. The van der Waals surface area contributed by atoms with Crippen LogP contribution in [0.3, 0.4) is 0 Å². The van der Waals surface area contributed by atoms with Crippen molar-refractivity contribution in [3.8, 4) is 5.75 Å². The largest absolute Gasteiger partial charge is 0.497 e. The van der Waals surface area contributed by atoms with Crippen LogP contribution in [0.1, 0.15) is 23.7 Å². The van der Waals surface area contributed by atoms with Gasteiger partial charge in [-0.05, 0) is 61.0 Å². The van der Waals surface area contributed by atoms with Crippen LogP contribution in [0, 0.1) is 0 Å². The molecule has 0 bridgehead atoms. The standard InChI is InChI=1S/C25H26ClN3O5S/c1-3-15-27-25(31)22-9-4-5-10-23(22)28-24(30)17-29(19-8-6-7-18(26)16-19)35(32,33)21-13-11-20(34-2)12-14-21/h4-14,16H,3,15,17H2,1-2H3,(H,27,31)(H,28,30). The van der Waals surface area contributed by atoms with Crippen LogP contribution in [-0.2, 0) is 14.8 Å². The Morgan fingerprint density at radius 3 is 2.37 bits per heavy atom. The Kier molecular flexibility index (Phi) is 8.73. The second kappa shape index (κ2) is 11.7. The van der Waals surface area contributed by atoms with Gasteiger partial charge in [-0.2, -0.15) is 0 Å². The van der Waals surface area contributed by atoms with Gasteiger partial charge in [-0.25, -0.2) is 8.42 Å². The Hall–Kier alpha value is -3.56. The number of halogens is 1. The van der Waals surface area contributed by atoms with Crippen molar-refractivity contribution in [3.05, 3.63) is 83.4 Å². The lowest BCUT2D eigenvalue weighted by atomic mass is 10.1. The summed E-state index contributed by atoms with van der Waals surface area (Å²) in [5, 5.41) is 5.75. The summed E-state index contributed by atoms with van der Waals surface area (Å²) in [4.78, 5) is 25.5. The zero-order chi connectivity index (χ0) is 25.4. The summed E-state index contributed by atoms with van der Waals surface area (Å²) < 4.78 is 33.1. The Morgan fingerprint density at radius 2 is 1.71 bits per heavy atom. The predicted molar refractivity (Wildman–Crippen MR) is 137 cm³/mol. The minimum atomic E-state index is -4.14. The van der Waals surface area contributed by atoms with Crippen LogP contribution in [0.2, 0.25) is 5.02 Å². The summed E-state index contributed by atoms with van der Waals surface area (Å²) in [6.07, 6.45) is 0.762. The maximum absolute atomic E-state index is 13.5. The lowest BCUT2D eigenvalue weighted by Crippen LogP contribution is -2.38. The van der Waals surface area contributed by atoms with E-state index in [1.165, 1.54) is 37.4 Å². The van der Waals surface area contributed by atoms with Crippen molar-refractivity contribution in [2.45, 2.75) is 18.2 Å². The third kappa shape index (κ3) is 6.52. The van der Waals surface area contributed by atoms with Gasteiger partial charge < -0.3 is 15.4 Å². The van der Waals surface area contributed by atoms with E-state index in [1.54, 1.807) is 42.5 Å². The van der Waals surface area contributed by atoms with Gasteiger partial charge in [0, 0.05) is 11.6 Å². The van der Waals surface area contributed by atoms with Gasteiger partial charge in [-0.3, -0.25) is 13.9 Å². The van der Waals surface area contributed by atoms with Crippen LogP contribution < -0.4 is 19.7 Å². The molecule has 0 saturated heterocycles. The highest BCUT2D eigenvalue weighted by Gasteiger charge is 2.28. The number of carbonyl (C=O) groups excluding carboxylic acids is 2. The van der Waals surface area contributed by atoms with Crippen LogP contribution in [0.4, 0.5) is 11.4 Å². The van der Waals surface area contributed by atoms with Crippen molar-refractivity contribution >= 4 is 44.8 Å². The number of amides is 2. The fraction of sp³-hybridized carbons (Fsp3) is 0.200. The third-order valence-electron chi connectivity index (χ3n) is 5.01. The molecule has 0 spiro atoms. The molecule has 0 unspecified atom stereocenters. The number of rotatable bonds is 10. The van der Waals surface area contributed by atoms with Gasteiger partial charge >= 0.3 is 0 Å². The molecule has 0 aliphatic rings. The number of methoxy groups -OCH3 is 1. The highest BCUT2D eigenvalue weighted by Crippen LogP contribution is 2.27. The van der Waals surface area contributed by atoms with E-state index in [9.17, 15) is 18.0 Å². The highest BCUT2D eigenvalue weighted by atomic mass is 35.5. The third-order valence-corrected chi connectivity index (χ3v) is 7.04. The summed E-state index contributed by atoms with van der Waals surface area (Å²) in [7, 11) is -2.66. The normalized spacial score (nSPS) is 10.9. The molecule has 0 aromatic heterocycles. The first-order valence-electron chi connectivity index (χ1n) is 10.9. The average molecular weight is 516 g/mol. The van der Waals surface area contributed by atoms with Crippen LogP contribution in [0.5, 0.6) is 5.75 Å². The molecular weight excluding hydrogens is 490 g/mol. The summed E-state index contributed by atoms with van der Waals surface area (Å²) in [5.41, 5.74) is 0.776. The van der Waals surface area contributed by atoms with Crippen LogP contribution in [0.15, 0.2) is 77.7 Å². The molecule has 2 amide bonds. The molecule has 3 aromatic rings. The van der Waals surface area contributed by atoms with Crippen LogP contribution >= 0.6 is 11.6 Å². The van der Waals surface area contributed by atoms with Gasteiger partial charge in [0.1, 0.15) is 12.3 Å². The van der Waals surface area contributed by atoms with Crippen molar-refractivity contribution in [3.63, 3.8) is 0 Å². The number of ether oxygens (including phenoxy) is 1. The lowest BCUT2D eigenvalue weighted by Gasteiger charge is -2.24. The lowest BCUT2D eigenvalue weighted by molar-refractivity contribution is -0.114. The van der Waals surface area contributed by atoms with Crippen molar-refractivity contribution < 1.29 is 22.7 Å². The quantitative estimate of drug-likeness (QED) is 0.418. The zero-order valence-electron chi connectivity index (χ0n) is 19.3. The van der Waals surface area contributed by atoms with E-state index in [2.05, 4.69) is 10.6 Å².